The number of hydrogen-bond acceptors (Lipinski definition) is 6. The van der Waals surface area contributed by atoms with Gasteiger partial charge in [0.25, 0.3) is 0 Å². The maximum atomic E-state index is 14.5. The predicted molar refractivity (Wildman–Crippen MR) is 96.6 cm³/mol. The van der Waals surface area contributed by atoms with E-state index in [4.69, 9.17) is 10.5 Å². The molecule has 160 valence electrons. The van der Waals surface area contributed by atoms with Gasteiger partial charge in [-0.15, -0.1) is 0 Å². The minimum Gasteiger partial charge on any atom is -0.386 e. The molecule has 1 aromatic rings. The van der Waals surface area contributed by atoms with Crippen molar-refractivity contribution in [1.29, 1.82) is 0 Å². The molecule has 7 nitrogen and oxygen atoms in total. The van der Waals surface area contributed by atoms with Crippen LogP contribution < -0.4 is 11.1 Å². The van der Waals surface area contributed by atoms with Gasteiger partial charge in [0.2, 0.25) is 5.91 Å². The van der Waals surface area contributed by atoms with E-state index in [0.717, 1.165) is 18.2 Å². The number of halogens is 4. The topological polar surface area (TPSA) is 111 Å². The molecule has 1 amide bonds. The summed E-state index contributed by atoms with van der Waals surface area (Å²) in [6, 6.07) is 3.07. The maximum Gasteiger partial charge on any atom is 0.397 e. The van der Waals surface area contributed by atoms with E-state index in [0.29, 0.717) is 0 Å². The zero-order chi connectivity index (χ0) is 21.7. The zero-order valence-electron chi connectivity index (χ0n) is 15.3. The molecule has 1 spiro atoms. The van der Waals surface area contributed by atoms with Crippen LogP contribution in [0.2, 0.25) is 0 Å². The molecule has 0 radical (unpaired) electrons. The van der Waals surface area contributed by atoms with Crippen LogP contribution in [0.15, 0.2) is 23.2 Å². The van der Waals surface area contributed by atoms with Crippen LogP contribution in [0.5, 0.6) is 0 Å². The van der Waals surface area contributed by atoms with Crippen molar-refractivity contribution in [1.82, 2.24) is 0 Å². The number of carbonyl (C=O) groups excluding carboxylic acids is 1. The van der Waals surface area contributed by atoms with E-state index in [9.17, 15) is 30.8 Å². The Morgan fingerprint density at radius 3 is 2.62 bits per heavy atom. The summed E-state index contributed by atoms with van der Waals surface area (Å²) in [6.45, 7) is 1.41. The van der Waals surface area contributed by atoms with Crippen LogP contribution in [0.4, 0.5) is 23.2 Å². The summed E-state index contributed by atoms with van der Waals surface area (Å²) >= 11 is 0. The molecule has 0 aliphatic carbocycles. The van der Waals surface area contributed by atoms with Gasteiger partial charge >= 0.3 is 6.18 Å². The number of alkyl halides is 3. The van der Waals surface area contributed by atoms with E-state index in [-0.39, 0.29) is 36.7 Å². The minimum atomic E-state index is -4.70. The average molecular weight is 437 g/mol. The van der Waals surface area contributed by atoms with Crippen molar-refractivity contribution in [2.45, 2.75) is 36.2 Å². The second-order valence-electron chi connectivity index (χ2n) is 7.36. The van der Waals surface area contributed by atoms with Gasteiger partial charge in [-0.1, -0.05) is 0 Å². The van der Waals surface area contributed by atoms with Gasteiger partial charge in [-0.2, -0.15) is 13.2 Å². The molecule has 0 bridgehead atoms. The lowest BCUT2D eigenvalue weighted by Crippen LogP contribution is -2.58. The molecule has 3 N–H and O–H groups in total. The van der Waals surface area contributed by atoms with Crippen molar-refractivity contribution in [3.05, 3.63) is 29.6 Å². The van der Waals surface area contributed by atoms with Gasteiger partial charge in [0.15, 0.2) is 14.6 Å². The average Bonchev–Trinajstić information content (AvgIpc) is 3.04. The number of nitrogens with one attached hydrogen (secondary N) is 1. The van der Waals surface area contributed by atoms with E-state index in [1.807, 2.05) is 5.32 Å². The number of nitrogens with zero attached hydrogens (tertiary/aromatic N) is 1. The highest BCUT2D eigenvalue weighted by atomic mass is 32.2. The third-order valence-electron chi connectivity index (χ3n) is 5.08. The minimum absolute atomic E-state index is 0.118. The molecule has 2 atom stereocenters. The van der Waals surface area contributed by atoms with Gasteiger partial charge in [-0.25, -0.2) is 12.8 Å². The van der Waals surface area contributed by atoms with E-state index >= 15 is 0 Å². The van der Waals surface area contributed by atoms with Crippen molar-refractivity contribution in [3.63, 3.8) is 0 Å². The number of rotatable bonds is 3. The molecule has 0 saturated carbocycles. The Balaban J connectivity index is 1.98. The largest absolute Gasteiger partial charge is 0.397 e. The smallest absolute Gasteiger partial charge is 0.386 e. The fourth-order valence-corrected chi connectivity index (χ4v) is 5.86. The molecule has 2 heterocycles. The molecule has 1 saturated heterocycles. The number of hydrogen-bond donors (Lipinski definition) is 2. The first-order chi connectivity index (χ1) is 13.3. The van der Waals surface area contributed by atoms with Crippen LogP contribution >= 0.6 is 0 Å². The number of sulfone groups is 1. The van der Waals surface area contributed by atoms with E-state index in [1.165, 1.54) is 6.92 Å². The van der Waals surface area contributed by atoms with E-state index in [2.05, 4.69) is 4.99 Å². The van der Waals surface area contributed by atoms with Crippen LogP contribution in [0.1, 0.15) is 25.3 Å². The summed E-state index contributed by atoms with van der Waals surface area (Å²) in [7, 11) is -3.89. The van der Waals surface area contributed by atoms with Crippen LogP contribution in [0, 0.1) is 5.82 Å². The summed E-state index contributed by atoms with van der Waals surface area (Å²) < 4.78 is 81.3. The number of benzene rings is 1. The monoisotopic (exact) mass is 437 g/mol. The van der Waals surface area contributed by atoms with Gasteiger partial charge in [-0.05, 0) is 31.5 Å². The van der Waals surface area contributed by atoms with Crippen LogP contribution in [0.25, 0.3) is 0 Å². The number of aliphatic imine (C=N–C) groups is 1. The highest BCUT2D eigenvalue weighted by Crippen LogP contribution is 2.41. The molecule has 1 aromatic carbocycles. The highest BCUT2D eigenvalue weighted by Gasteiger charge is 2.57. The van der Waals surface area contributed by atoms with Crippen LogP contribution in [-0.4, -0.2) is 50.1 Å². The molecule has 0 unspecified atom stereocenters. The summed E-state index contributed by atoms with van der Waals surface area (Å²) in [4.78, 5) is 15.8. The molecule has 2 aliphatic rings. The number of amidine groups is 1. The lowest BCUT2D eigenvalue weighted by molar-refractivity contribution is -0.150. The maximum absolute atomic E-state index is 14.5. The summed E-state index contributed by atoms with van der Waals surface area (Å²) in [5, 5.41) is 2.03. The first-order valence-electron chi connectivity index (χ1n) is 8.61. The van der Waals surface area contributed by atoms with E-state index < -0.39 is 50.2 Å². The number of nitrogens with two attached hydrogens (primary N) is 1. The van der Waals surface area contributed by atoms with Crippen LogP contribution in [0.3, 0.4) is 0 Å². The van der Waals surface area contributed by atoms with Crippen molar-refractivity contribution < 1.29 is 35.5 Å². The Morgan fingerprint density at radius 1 is 1.38 bits per heavy atom. The standard InChI is InChI=1S/C17H19F4N3O4S/c1-15(9-29(26,27)16(14(22)24-15)4-5-28-8-16)11-6-10(2-3-12(11)18)23-13(25)7-17(19,20)21/h2-3,6H,4-5,7-9H2,1H3,(H2,22,24)(H,23,25)/t15-,16-/m0/s1. The third-order valence-corrected chi connectivity index (χ3v) is 7.74. The summed E-state index contributed by atoms with van der Waals surface area (Å²) in [5.74, 6) is -2.93. The predicted octanol–water partition coefficient (Wildman–Crippen LogP) is 1.88. The molecule has 2 aliphatic heterocycles. The van der Waals surface area contributed by atoms with Crippen molar-refractivity contribution in [2.24, 2.45) is 10.7 Å². The molecule has 12 heteroatoms. The first-order valence-corrected chi connectivity index (χ1v) is 10.3. The van der Waals surface area contributed by atoms with Gasteiger partial charge in [0.05, 0.1) is 12.4 Å². The fraction of sp³-hybridized carbons (Fsp3) is 0.529. The van der Waals surface area contributed by atoms with Gasteiger partial charge in [-0.3, -0.25) is 9.79 Å². The van der Waals surface area contributed by atoms with Gasteiger partial charge < -0.3 is 15.8 Å². The Kier molecular flexibility index (Phi) is 5.14. The Hall–Kier alpha value is -2.21. The summed E-state index contributed by atoms with van der Waals surface area (Å²) in [5.41, 5.74) is 4.03. The normalized spacial score (nSPS) is 28.9. The molecule has 3 rings (SSSR count). The lowest BCUT2D eigenvalue weighted by atomic mass is 9.92. The zero-order valence-corrected chi connectivity index (χ0v) is 16.2. The number of anilines is 1. The van der Waals surface area contributed by atoms with Crippen molar-refractivity contribution in [2.75, 3.05) is 24.3 Å². The second-order valence-corrected chi connectivity index (χ2v) is 9.66. The van der Waals surface area contributed by atoms with Crippen molar-refractivity contribution in [3.8, 4) is 0 Å². The quantitative estimate of drug-likeness (QED) is 0.702. The highest BCUT2D eigenvalue weighted by molar-refractivity contribution is 7.93. The molecule has 0 aromatic heterocycles. The number of amides is 1. The SMILES string of the molecule is C[C@@]1(c2cc(NC(=O)CC(F)(F)F)ccc2F)CS(=O)(=O)[C@]2(CCOC2)C(N)=N1. The van der Waals surface area contributed by atoms with E-state index in [1.54, 1.807) is 0 Å². The Labute approximate surface area is 164 Å². The first kappa shape index (κ1) is 21.5. The Morgan fingerprint density at radius 2 is 2.07 bits per heavy atom. The Bertz CT molecular complexity index is 971. The third kappa shape index (κ3) is 3.95. The summed E-state index contributed by atoms with van der Waals surface area (Å²) in [6.07, 6.45) is -6.28. The van der Waals surface area contributed by atoms with Gasteiger partial charge in [0.1, 0.15) is 23.6 Å². The number of carbonyl (C=O) groups is 1. The molecular weight excluding hydrogens is 418 g/mol. The molecular formula is C17H19F4N3O4S. The second kappa shape index (κ2) is 6.94. The van der Waals surface area contributed by atoms with Crippen molar-refractivity contribution >= 4 is 27.3 Å². The fourth-order valence-electron chi connectivity index (χ4n) is 3.60. The number of ether oxygens (including phenoxy) is 1. The van der Waals surface area contributed by atoms with Gasteiger partial charge in [0, 0.05) is 17.9 Å². The lowest BCUT2D eigenvalue weighted by Gasteiger charge is -2.39. The van der Waals surface area contributed by atoms with Crippen LogP contribution in [-0.2, 0) is 24.9 Å². The molecule has 1 fully saturated rings. The molecule has 29 heavy (non-hydrogen) atoms.